The number of aryl methyl sites for hydroxylation is 2. The fourth-order valence-corrected chi connectivity index (χ4v) is 3.19. The average Bonchev–Trinajstić information content (AvgIpc) is 3.62. The second kappa shape index (κ2) is 9.09. The standard InChI is InChI=1S/C19H23N3O2.C2HF3O2/c1-11-18(12(2)24-22-11)21-19(23)15-5-3-4-14(8-15)16-9-17(16)20-10-13-6-7-13;3-2(4,5)1(6)7/h3-5,8,13,16-17,20H,6-7,9-10H2,1-2H3,(H,21,23);(H,6,7)/t16-,17+;/m0./s1. The molecule has 2 aromatic rings. The maximum Gasteiger partial charge on any atom is 0.490 e. The molecule has 7 nitrogen and oxygen atoms in total. The van der Waals surface area contributed by atoms with E-state index in [4.69, 9.17) is 14.4 Å². The Morgan fingerprint density at radius 3 is 2.48 bits per heavy atom. The number of carbonyl (C=O) groups is 2. The Hall–Kier alpha value is -2.88. The second-order valence-corrected chi connectivity index (χ2v) is 7.88. The quantitative estimate of drug-likeness (QED) is 0.628. The number of amides is 1. The molecule has 1 amide bonds. The minimum atomic E-state index is -5.08. The zero-order valence-electron chi connectivity index (χ0n) is 17.1. The van der Waals surface area contributed by atoms with E-state index in [1.165, 1.54) is 24.8 Å². The van der Waals surface area contributed by atoms with Crippen LogP contribution in [0.1, 0.15) is 52.6 Å². The van der Waals surface area contributed by atoms with E-state index in [0.29, 0.717) is 34.7 Å². The summed E-state index contributed by atoms with van der Waals surface area (Å²) in [6.07, 6.45) is -1.16. The molecule has 0 saturated heterocycles. The van der Waals surface area contributed by atoms with Gasteiger partial charge in [0.05, 0.1) is 0 Å². The Balaban J connectivity index is 0.000000339. The SMILES string of the molecule is Cc1noc(C)c1NC(=O)c1cccc([C@@H]2C[C@H]2NCC2CC2)c1.O=C(O)C(F)(F)F. The molecule has 4 rings (SSSR count). The third-order valence-corrected chi connectivity index (χ3v) is 5.25. The average molecular weight is 439 g/mol. The Morgan fingerprint density at radius 1 is 1.26 bits per heavy atom. The number of hydrogen-bond acceptors (Lipinski definition) is 5. The Labute approximate surface area is 177 Å². The van der Waals surface area contributed by atoms with Gasteiger partial charge in [-0.25, -0.2) is 4.79 Å². The highest BCUT2D eigenvalue weighted by Gasteiger charge is 2.39. The molecule has 0 bridgehead atoms. The van der Waals surface area contributed by atoms with Crippen molar-refractivity contribution in [1.29, 1.82) is 0 Å². The van der Waals surface area contributed by atoms with E-state index >= 15 is 0 Å². The van der Waals surface area contributed by atoms with Crippen molar-refractivity contribution in [3.05, 3.63) is 46.8 Å². The van der Waals surface area contributed by atoms with Crippen LogP contribution in [0.25, 0.3) is 0 Å². The van der Waals surface area contributed by atoms with E-state index in [1.807, 2.05) is 25.1 Å². The number of carbonyl (C=O) groups excluding carboxylic acids is 1. The number of aliphatic carboxylic acids is 1. The first-order chi connectivity index (χ1) is 14.6. The number of carboxylic acid groups (broad SMARTS) is 1. The highest BCUT2D eigenvalue weighted by molar-refractivity contribution is 6.04. The largest absolute Gasteiger partial charge is 0.490 e. The van der Waals surface area contributed by atoms with Crippen LogP contribution in [0, 0.1) is 19.8 Å². The Morgan fingerprint density at radius 2 is 1.94 bits per heavy atom. The lowest BCUT2D eigenvalue weighted by atomic mass is 10.1. The van der Waals surface area contributed by atoms with Crippen LogP contribution in [0.4, 0.5) is 18.9 Å². The van der Waals surface area contributed by atoms with Crippen molar-refractivity contribution >= 4 is 17.6 Å². The van der Waals surface area contributed by atoms with E-state index < -0.39 is 12.1 Å². The van der Waals surface area contributed by atoms with Gasteiger partial charge in [-0.15, -0.1) is 0 Å². The minimum absolute atomic E-state index is 0.116. The van der Waals surface area contributed by atoms with Crippen molar-refractivity contribution in [2.45, 2.75) is 51.2 Å². The molecule has 2 aliphatic carbocycles. The summed E-state index contributed by atoms with van der Waals surface area (Å²) in [5, 5.41) is 17.6. The van der Waals surface area contributed by atoms with Gasteiger partial charge in [0.25, 0.3) is 5.91 Å². The van der Waals surface area contributed by atoms with E-state index in [1.54, 1.807) is 6.92 Å². The number of benzene rings is 1. The van der Waals surface area contributed by atoms with Crippen LogP contribution in [0.15, 0.2) is 28.8 Å². The molecule has 1 aromatic heterocycles. The molecule has 0 aliphatic heterocycles. The van der Waals surface area contributed by atoms with Crippen molar-refractivity contribution in [2.75, 3.05) is 11.9 Å². The van der Waals surface area contributed by atoms with Crippen LogP contribution in [-0.2, 0) is 4.79 Å². The summed E-state index contributed by atoms with van der Waals surface area (Å²) in [6.45, 7) is 4.77. The lowest BCUT2D eigenvalue weighted by Gasteiger charge is -2.07. The van der Waals surface area contributed by atoms with Crippen molar-refractivity contribution in [2.24, 2.45) is 5.92 Å². The summed E-state index contributed by atoms with van der Waals surface area (Å²) in [5.74, 6) is -0.806. The van der Waals surface area contributed by atoms with Gasteiger partial charge in [0.15, 0.2) is 5.76 Å². The Bertz CT molecular complexity index is 934. The zero-order chi connectivity index (χ0) is 22.8. The highest BCUT2D eigenvalue weighted by atomic mass is 19.4. The molecule has 3 N–H and O–H groups in total. The number of rotatable bonds is 6. The van der Waals surface area contributed by atoms with Gasteiger partial charge < -0.3 is 20.3 Å². The van der Waals surface area contributed by atoms with E-state index in [-0.39, 0.29) is 5.91 Å². The lowest BCUT2D eigenvalue weighted by Crippen LogP contribution is -2.21. The predicted octanol–water partition coefficient (Wildman–Crippen LogP) is 4.03. The molecule has 1 heterocycles. The first-order valence-electron chi connectivity index (χ1n) is 9.94. The summed E-state index contributed by atoms with van der Waals surface area (Å²) in [5.41, 5.74) is 3.29. The van der Waals surface area contributed by atoms with Gasteiger partial charge >= 0.3 is 12.1 Å². The number of alkyl halides is 3. The molecule has 10 heteroatoms. The van der Waals surface area contributed by atoms with Gasteiger partial charge in [-0.05, 0) is 63.3 Å². The van der Waals surface area contributed by atoms with Crippen molar-refractivity contribution < 1.29 is 32.4 Å². The molecule has 2 saturated carbocycles. The third kappa shape index (κ3) is 6.30. The molecule has 2 atom stereocenters. The van der Waals surface area contributed by atoms with Crippen LogP contribution in [0.3, 0.4) is 0 Å². The maximum atomic E-state index is 12.5. The maximum absolute atomic E-state index is 12.5. The van der Waals surface area contributed by atoms with E-state index in [0.717, 1.165) is 12.5 Å². The molecule has 1 aromatic carbocycles. The number of hydrogen-bond donors (Lipinski definition) is 3. The fourth-order valence-electron chi connectivity index (χ4n) is 3.19. The van der Waals surface area contributed by atoms with Crippen LogP contribution in [0.5, 0.6) is 0 Å². The molecule has 2 aliphatic rings. The zero-order valence-corrected chi connectivity index (χ0v) is 17.1. The number of nitrogens with one attached hydrogen (secondary N) is 2. The smallest absolute Gasteiger partial charge is 0.475 e. The first-order valence-corrected chi connectivity index (χ1v) is 9.94. The minimum Gasteiger partial charge on any atom is -0.475 e. The number of anilines is 1. The fraction of sp³-hybridized carbons (Fsp3) is 0.476. The number of aromatic nitrogens is 1. The summed E-state index contributed by atoms with van der Waals surface area (Å²) in [4.78, 5) is 21.4. The van der Waals surface area contributed by atoms with Crippen molar-refractivity contribution in [3.8, 4) is 0 Å². The molecule has 2 fully saturated rings. The number of halogens is 3. The van der Waals surface area contributed by atoms with E-state index in [2.05, 4.69) is 21.9 Å². The van der Waals surface area contributed by atoms with Crippen LogP contribution >= 0.6 is 0 Å². The lowest BCUT2D eigenvalue weighted by molar-refractivity contribution is -0.192. The normalized spacial score (nSPS) is 19.9. The number of carboxylic acids is 1. The monoisotopic (exact) mass is 439 g/mol. The van der Waals surface area contributed by atoms with Gasteiger partial charge in [0.1, 0.15) is 11.4 Å². The van der Waals surface area contributed by atoms with Crippen LogP contribution in [-0.4, -0.2) is 40.9 Å². The third-order valence-electron chi connectivity index (χ3n) is 5.25. The highest BCUT2D eigenvalue weighted by Crippen LogP contribution is 2.42. The predicted molar refractivity (Wildman–Crippen MR) is 106 cm³/mol. The second-order valence-electron chi connectivity index (χ2n) is 7.88. The number of nitrogens with zero attached hydrogens (tertiary/aromatic N) is 1. The summed E-state index contributed by atoms with van der Waals surface area (Å²) in [7, 11) is 0. The van der Waals surface area contributed by atoms with Gasteiger partial charge in [0.2, 0.25) is 0 Å². The van der Waals surface area contributed by atoms with Gasteiger partial charge in [-0.2, -0.15) is 13.2 Å². The van der Waals surface area contributed by atoms with Gasteiger partial charge in [-0.3, -0.25) is 4.79 Å². The van der Waals surface area contributed by atoms with Gasteiger partial charge in [0, 0.05) is 17.5 Å². The molecule has 168 valence electrons. The molecular weight excluding hydrogens is 415 g/mol. The summed E-state index contributed by atoms with van der Waals surface area (Å²) < 4.78 is 36.8. The summed E-state index contributed by atoms with van der Waals surface area (Å²) >= 11 is 0. The van der Waals surface area contributed by atoms with Crippen LogP contribution < -0.4 is 10.6 Å². The molecular formula is C21H24F3N3O4. The van der Waals surface area contributed by atoms with Crippen molar-refractivity contribution in [3.63, 3.8) is 0 Å². The van der Waals surface area contributed by atoms with Gasteiger partial charge in [-0.1, -0.05) is 17.3 Å². The van der Waals surface area contributed by atoms with Crippen LogP contribution in [0.2, 0.25) is 0 Å². The molecule has 31 heavy (non-hydrogen) atoms. The van der Waals surface area contributed by atoms with E-state index in [9.17, 15) is 18.0 Å². The molecule has 0 spiro atoms. The molecule has 0 unspecified atom stereocenters. The Kier molecular flexibility index (Phi) is 6.68. The molecule has 0 radical (unpaired) electrons. The summed E-state index contributed by atoms with van der Waals surface area (Å²) in [6, 6.07) is 8.53. The topological polar surface area (TPSA) is 104 Å². The van der Waals surface area contributed by atoms with Crippen molar-refractivity contribution in [1.82, 2.24) is 10.5 Å². The first kappa shape index (κ1) is 22.8.